The smallest absolute Gasteiger partial charge is 0.307 e. The number of β-amino-alcohol motifs (C(OH)–C–C–N with tert-alkyl or cyclic N) is 1. The fourth-order valence-corrected chi connectivity index (χ4v) is 2.10. The molecule has 4 N–H and O–H groups in total. The van der Waals surface area contributed by atoms with Crippen LogP contribution in [0.3, 0.4) is 0 Å². The molecule has 0 aliphatic carbocycles. The Morgan fingerprint density at radius 3 is 2.74 bits per heavy atom. The molecule has 19 heavy (non-hydrogen) atoms. The Kier molecular flexibility index (Phi) is 4.13. The molecule has 6 heteroatoms. The molecule has 1 saturated heterocycles. The number of rotatable bonds is 4. The Bertz CT molecular complexity index is 489. The first-order valence-corrected chi connectivity index (χ1v) is 6.08. The highest BCUT2D eigenvalue weighted by molar-refractivity contribution is 5.96. The zero-order chi connectivity index (χ0) is 13.8. The molecule has 102 valence electrons. The number of amides is 1. The zero-order valence-corrected chi connectivity index (χ0v) is 10.3. The second-order valence-electron chi connectivity index (χ2n) is 4.57. The summed E-state index contributed by atoms with van der Waals surface area (Å²) in [5.74, 6) is -1.20. The number of hydrogen-bond donors (Lipinski definition) is 4. The van der Waals surface area contributed by atoms with Crippen molar-refractivity contribution in [3.05, 3.63) is 29.8 Å². The molecule has 1 amide bonds. The number of para-hydroxylation sites is 1. The van der Waals surface area contributed by atoms with Gasteiger partial charge >= 0.3 is 5.97 Å². The van der Waals surface area contributed by atoms with E-state index in [9.17, 15) is 14.7 Å². The highest BCUT2D eigenvalue weighted by atomic mass is 16.4. The van der Waals surface area contributed by atoms with Gasteiger partial charge in [-0.15, -0.1) is 0 Å². The molecule has 1 aromatic carbocycles. The van der Waals surface area contributed by atoms with E-state index in [0.29, 0.717) is 24.2 Å². The van der Waals surface area contributed by atoms with Gasteiger partial charge in [0.05, 0.1) is 18.6 Å². The van der Waals surface area contributed by atoms with E-state index in [4.69, 9.17) is 5.11 Å². The van der Waals surface area contributed by atoms with E-state index < -0.39 is 18.1 Å². The molecule has 0 radical (unpaired) electrons. The van der Waals surface area contributed by atoms with Gasteiger partial charge in [-0.3, -0.25) is 9.59 Å². The van der Waals surface area contributed by atoms with Crippen LogP contribution < -0.4 is 10.6 Å². The molecule has 1 aliphatic heterocycles. The van der Waals surface area contributed by atoms with Crippen molar-refractivity contribution in [2.45, 2.75) is 25.0 Å². The third kappa shape index (κ3) is 3.52. The average Bonchev–Trinajstić information content (AvgIpc) is 2.78. The lowest BCUT2D eigenvalue weighted by Crippen LogP contribution is -2.35. The van der Waals surface area contributed by atoms with Crippen molar-refractivity contribution in [2.24, 2.45) is 0 Å². The summed E-state index contributed by atoms with van der Waals surface area (Å²) in [7, 11) is 0. The predicted octanol–water partition coefficient (Wildman–Crippen LogP) is -0.0250. The number of aliphatic hydroxyl groups is 1. The van der Waals surface area contributed by atoms with E-state index in [1.165, 1.54) is 0 Å². The van der Waals surface area contributed by atoms with Crippen LogP contribution in [0.15, 0.2) is 24.3 Å². The van der Waals surface area contributed by atoms with Crippen LogP contribution in [0.1, 0.15) is 12.0 Å². The molecule has 0 spiro atoms. The SMILES string of the molecule is O=C(O)Cc1ccccc1NC(=O)C1CC(O)CN1. The van der Waals surface area contributed by atoms with Gasteiger partial charge in [0, 0.05) is 12.2 Å². The molecule has 1 aliphatic rings. The van der Waals surface area contributed by atoms with Crippen LogP contribution in [0.25, 0.3) is 0 Å². The van der Waals surface area contributed by atoms with Gasteiger partial charge in [-0.1, -0.05) is 18.2 Å². The molecule has 1 heterocycles. The van der Waals surface area contributed by atoms with Crippen LogP contribution in [-0.4, -0.2) is 40.8 Å². The van der Waals surface area contributed by atoms with Gasteiger partial charge in [0.1, 0.15) is 0 Å². The molecule has 2 atom stereocenters. The lowest BCUT2D eigenvalue weighted by molar-refractivity contribution is -0.136. The first kappa shape index (κ1) is 13.5. The van der Waals surface area contributed by atoms with E-state index in [1.54, 1.807) is 24.3 Å². The Balaban J connectivity index is 2.06. The summed E-state index contributed by atoms with van der Waals surface area (Å²) in [6, 6.07) is 6.36. The van der Waals surface area contributed by atoms with Crippen molar-refractivity contribution in [1.29, 1.82) is 0 Å². The van der Waals surface area contributed by atoms with Crippen LogP contribution in [0.5, 0.6) is 0 Å². The molecule has 1 fully saturated rings. The number of benzene rings is 1. The number of hydrogen-bond acceptors (Lipinski definition) is 4. The predicted molar refractivity (Wildman–Crippen MR) is 68.8 cm³/mol. The maximum absolute atomic E-state index is 12.0. The summed E-state index contributed by atoms with van der Waals surface area (Å²) < 4.78 is 0. The van der Waals surface area contributed by atoms with Crippen LogP contribution in [0.2, 0.25) is 0 Å². The highest BCUT2D eigenvalue weighted by Gasteiger charge is 2.28. The highest BCUT2D eigenvalue weighted by Crippen LogP contribution is 2.17. The number of aliphatic carboxylic acids is 1. The molecule has 0 aromatic heterocycles. The van der Waals surface area contributed by atoms with Crippen molar-refractivity contribution in [3.63, 3.8) is 0 Å². The number of carbonyl (C=O) groups excluding carboxylic acids is 1. The van der Waals surface area contributed by atoms with Gasteiger partial charge < -0.3 is 20.8 Å². The fourth-order valence-electron chi connectivity index (χ4n) is 2.10. The van der Waals surface area contributed by atoms with Crippen molar-refractivity contribution >= 4 is 17.6 Å². The summed E-state index contributed by atoms with van der Waals surface area (Å²) >= 11 is 0. The number of anilines is 1. The number of nitrogens with one attached hydrogen (secondary N) is 2. The van der Waals surface area contributed by atoms with Crippen LogP contribution >= 0.6 is 0 Å². The summed E-state index contributed by atoms with van der Waals surface area (Å²) in [6.07, 6.45) is -0.283. The summed E-state index contributed by atoms with van der Waals surface area (Å²) in [5, 5.41) is 23.8. The Hall–Kier alpha value is -1.92. The van der Waals surface area contributed by atoms with Gasteiger partial charge in [-0.25, -0.2) is 0 Å². The monoisotopic (exact) mass is 264 g/mol. The van der Waals surface area contributed by atoms with Crippen molar-refractivity contribution in [3.8, 4) is 0 Å². The van der Waals surface area contributed by atoms with E-state index in [0.717, 1.165) is 0 Å². The minimum Gasteiger partial charge on any atom is -0.481 e. The Labute approximate surface area is 110 Å². The summed E-state index contributed by atoms with van der Waals surface area (Å²) in [6.45, 7) is 0.398. The number of aliphatic hydroxyl groups excluding tert-OH is 1. The quantitative estimate of drug-likeness (QED) is 0.612. The standard InChI is InChI=1S/C13H16N2O4/c16-9-6-11(14-7-9)13(19)15-10-4-2-1-3-8(10)5-12(17)18/h1-4,9,11,14,16H,5-7H2,(H,15,19)(H,17,18). The zero-order valence-electron chi connectivity index (χ0n) is 10.3. The normalized spacial score (nSPS) is 22.2. The van der Waals surface area contributed by atoms with Gasteiger partial charge in [0.15, 0.2) is 0 Å². The van der Waals surface area contributed by atoms with Gasteiger partial charge in [-0.2, -0.15) is 0 Å². The second-order valence-corrected chi connectivity index (χ2v) is 4.57. The Morgan fingerprint density at radius 2 is 2.11 bits per heavy atom. The third-order valence-corrected chi connectivity index (χ3v) is 3.04. The molecule has 6 nitrogen and oxygen atoms in total. The maximum Gasteiger partial charge on any atom is 0.307 e. The number of carboxylic acids is 1. The Morgan fingerprint density at radius 1 is 1.37 bits per heavy atom. The fraction of sp³-hybridized carbons (Fsp3) is 0.385. The number of carboxylic acid groups (broad SMARTS) is 1. The minimum absolute atomic E-state index is 0.142. The van der Waals surface area contributed by atoms with Crippen LogP contribution in [0.4, 0.5) is 5.69 Å². The first-order valence-electron chi connectivity index (χ1n) is 6.08. The second kappa shape index (κ2) is 5.81. The maximum atomic E-state index is 12.0. The molecule has 1 aromatic rings. The van der Waals surface area contributed by atoms with Gasteiger partial charge in [0.2, 0.25) is 5.91 Å². The van der Waals surface area contributed by atoms with E-state index in [2.05, 4.69) is 10.6 Å². The molecule has 0 saturated carbocycles. The molecule has 0 bridgehead atoms. The minimum atomic E-state index is -0.948. The summed E-state index contributed by atoms with van der Waals surface area (Å²) in [4.78, 5) is 22.7. The third-order valence-electron chi connectivity index (χ3n) is 3.04. The van der Waals surface area contributed by atoms with E-state index >= 15 is 0 Å². The lowest BCUT2D eigenvalue weighted by Gasteiger charge is -2.13. The molecular weight excluding hydrogens is 248 g/mol. The average molecular weight is 264 g/mol. The molecular formula is C13H16N2O4. The molecule has 2 unspecified atom stereocenters. The topological polar surface area (TPSA) is 98.7 Å². The molecule has 2 rings (SSSR count). The van der Waals surface area contributed by atoms with Crippen LogP contribution in [0, 0.1) is 0 Å². The van der Waals surface area contributed by atoms with Crippen molar-refractivity contribution < 1.29 is 19.8 Å². The van der Waals surface area contributed by atoms with Gasteiger partial charge in [0.25, 0.3) is 0 Å². The summed E-state index contributed by atoms with van der Waals surface area (Å²) in [5.41, 5.74) is 1.06. The lowest BCUT2D eigenvalue weighted by atomic mass is 10.1. The van der Waals surface area contributed by atoms with Gasteiger partial charge in [-0.05, 0) is 18.1 Å². The first-order chi connectivity index (χ1) is 9.06. The van der Waals surface area contributed by atoms with Crippen molar-refractivity contribution in [1.82, 2.24) is 5.32 Å². The van der Waals surface area contributed by atoms with Crippen LogP contribution in [-0.2, 0) is 16.0 Å². The van der Waals surface area contributed by atoms with E-state index in [-0.39, 0.29) is 12.3 Å². The number of carbonyl (C=O) groups is 2. The van der Waals surface area contributed by atoms with E-state index in [1.807, 2.05) is 0 Å². The van der Waals surface area contributed by atoms with Crippen molar-refractivity contribution in [2.75, 3.05) is 11.9 Å². The largest absolute Gasteiger partial charge is 0.481 e.